The van der Waals surface area contributed by atoms with Gasteiger partial charge in [0.25, 0.3) is 5.56 Å². The molecule has 5 nitrogen and oxygen atoms in total. The SMILES string of the molecule is CC[C@H](C)c1nc2ccc(Br)cc2c(=O)n1N=Cc1ccc(OCc2ccccc2F)c(Cl)c1. The molecule has 0 unspecified atom stereocenters. The zero-order valence-electron chi connectivity index (χ0n) is 18.6. The molecule has 4 aromatic rings. The number of hydrogen-bond acceptors (Lipinski definition) is 4. The van der Waals surface area contributed by atoms with Gasteiger partial charge in [-0.05, 0) is 54.4 Å². The third-order valence-corrected chi connectivity index (χ3v) is 6.29. The van der Waals surface area contributed by atoms with Crippen molar-refractivity contribution in [1.82, 2.24) is 9.66 Å². The van der Waals surface area contributed by atoms with E-state index in [0.717, 1.165) is 10.9 Å². The molecule has 0 radical (unpaired) electrons. The third-order valence-electron chi connectivity index (χ3n) is 5.51. The van der Waals surface area contributed by atoms with Crippen molar-refractivity contribution in [3.63, 3.8) is 0 Å². The molecular weight excluding hydrogens is 521 g/mol. The molecule has 1 aromatic heterocycles. The van der Waals surface area contributed by atoms with Gasteiger partial charge < -0.3 is 4.74 Å². The fourth-order valence-electron chi connectivity index (χ4n) is 3.39. The van der Waals surface area contributed by atoms with Crippen molar-refractivity contribution in [3.05, 3.63) is 103 Å². The first-order valence-electron chi connectivity index (χ1n) is 10.8. The van der Waals surface area contributed by atoms with Crippen molar-refractivity contribution in [2.24, 2.45) is 5.10 Å². The summed E-state index contributed by atoms with van der Waals surface area (Å²) in [5.41, 5.74) is 1.51. The van der Waals surface area contributed by atoms with Crippen LogP contribution in [0.2, 0.25) is 5.02 Å². The second-order valence-electron chi connectivity index (χ2n) is 7.87. The van der Waals surface area contributed by atoms with Gasteiger partial charge in [-0.3, -0.25) is 4.79 Å². The normalized spacial score (nSPS) is 12.4. The highest BCUT2D eigenvalue weighted by Crippen LogP contribution is 2.26. The molecule has 0 aliphatic rings. The Morgan fingerprint density at radius 1 is 1.21 bits per heavy atom. The van der Waals surface area contributed by atoms with Gasteiger partial charge in [-0.2, -0.15) is 9.78 Å². The van der Waals surface area contributed by atoms with Gasteiger partial charge in [0.2, 0.25) is 0 Å². The summed E-state index contributed by atoms with van der Waals surface area (Å²) < 4.78 is 21.6. The first kappa shape index (κ1) is 24.1. The highest BCUT2D eigenvalue weighted by Gasteiger charge is 2.15. The number of hydrogen-bond donors (Lipinski definition) is 0. The maximum absolute atomic E-state index is 13.8. The second-order valence-corrected chi connectivity index (χ2v) is 9.20. The number of nitrogens with zero attached hydrogens (tertiary/aromatic N) is 3. The molecule has 0 fully saturated rings. The molecule has 0 aliphatic heterocycles. The lowest BCUT2D eigenvalue weighted by Crippen LogP contribution is -2.23. The minimum absolute atomic E-state index is 0.0376. The summed E-state index contributed by atoms with van der Waals surface area (Å²) in [4.78, 5) is 17.9. The smallest absolute Gasteiger partial charge is 0.282 e. The molecule has 0 saturated carbocycles. The fraction of sp³-hybridized carbons (Fsp3) is 0.192. The number of ether oxygens (including phenoxy) is 1. The fourth-order valence-corrected chi connectivity index (χ4v) is 3.99. The van der Waals surface area contributed by atoms with Crippen molar-refractivity contribution in [1.29, 1.82) is 0 Å². The van der Waals surface area contributed by atoms with Gasteiger partial charge >= 0.3 is 0 Å². The maximum atomic E-state index is 13.8. The first-order valence-corrected chi connectivity index (χ1v) is 12.0. The summed E-state index contributed by atoms with van der Waals surface area (Å²) in [6, 6.07) is 17.0. The van der Waals surface area contributed by atoms with Crippen LogP contribution in [0, 0.1) is 5.82 Å². The molecule has 0 N–H and O–H groups in total. The van der Waals surface area contributed by atoms with Crippen molar-refractivity contribution in [3.8, 4) is 5.75 Å². The number of benzene rings is 3. The zero-order valence-corrected chi connectivity index (χ0v) is 21.0. The van der Waals surface area contributed by atoms with E-state index in [4.69, 9.17) is 21.3 Å². The quantitative estimate of drug-likeness (QED) is 0.238. The van der Waals surface area contributed by atoms with Crippen LogP contribution in [0.25, 0.3) is 10.9 Å². The number of fused-ring (bicyclic) bond motifs is 1. The standard InChI is InChI=1S/C26H22BrClFN3O2/c1-3-16(2)25-31-23-10-9-19(27)13-20(23)26(33)32(25)30-14-17-8-11-24(21(28)12-17)34-15-18-6-4-5-7-22(18)29/h4-14,16H,3,15H2,1-2H3/t16-/m0/s1. The molecule has 0 saturated heterocycles. The van der Waals surface area contributed by atoms with Crippen LogP contribution >= 0.6 is 27.5 Å². The van der Waals surface area contributed by atoms with Crippen molar-refractivity contribution in [2.75, 3.05) is 0 Å². The Kier molecular flexibility index (Phi) is 7.44. The van der Waals surface area contributed by atoms with Gasteiger partial charge in [0, 0.05) is 16.0 Å². The summed E-state index contributed by atoms with van der Waals surface area (Å²) in [6.07, 6.45) is 2.37. The molecule has 1 atom stereocenters. The van der Waals surface area contributed by atoms with Crippen molar-refractivity contribution in [2.45, 2.75) is 32.8 Å². The molecule has 0 spiro atoms. The van der Waals surface area contributed by atoms with Crippen molar-refractivity contribution >= 4 is 44.6 Å². The van der Waals surface area contributed by atoms with Gasteiger partial charge in [-0.1, -0.05) is 59.6 Å². The van der Waals surface area contributed by atoms with E-state index in [9.17, 15) is 9.18 Å². The van der Waals surface area contributed by atoms with Gasteiger partial charge in [-0.25, -0.2) is 9.37 Å². The minimum atomic E-state index is -0.332. The number of rotatable bonds is 7. The predicted molar refractivity (Wildman–Crippen MR) is 138 cm³/mol. The molecule has 3 aromatic carbocycles. The van der Waals surface area contributed by atoms with Crippen LogP contribution in [0.1, 0.15) is 43.1 Å². The summed E-state index contributed by atoms with van der Waals surface area (Å²) in [5, 5.41) is 5.29. The first-order chi connectivity index (χ1) is 16.4. The summed E-state index contributed by atoms with van der Waals surface area (Å²) in [6.45, 7) is 4.11. The van der Waals surface area contributed by atoms with Gasteiger partial charge in [0.15, 0.2) is 0 Å². The van der Waals surface area contributed by atoms with Crippen LogP contribution in [-0.4, -0.2) is 15.9 Å². The highest BCUT2D eigenvalue weighted by molar-refractivity contribution is 9.10. The van der Waals surface area contributed by atoms with Crippen LogP contribution < -0.4 is 10.3 Å². The molecule has 174 valence electrons. The van der Waals surface area contributed by atoms with E-state index in [1.807, 2.05) is 26.0 Å². The lowest BCUT2D eigenvalue weighted by atomic mass is 10.1. The lowest BCUT2D eigenvalue weighted by Gasteiger charge is -2.14. The van der Waals surface area contributed by atoms with E-state index >= 15 is 0 Å². The van der Waals surface area contributed by atoms with Crippen LogP contribution in [0.15, 0.2) is 75.0 Å². The summed E-state index contributed by atoms with van der Waals surface area (Å²) in [5.74, 6) is 0.725. The Bertz CT molecular complexity index is 1440. The summed E-state index contributed by atoms with van der Waals surface area (Å²) in [7, 11) is 0. The third kappa shape index (κ3) is 5.21. The average molecular weight is 543 g/mol. The van der Waals surface area contributed by atoms with Gasteiger partial charge in [-0.15, -0.1) is 0 Å². The predicted octanol–water partition coefficient (Wildman–Crippen LogP) is 6.93. The maximum Gasteiger partial charge on any atom is 0.282 e. The van der Waals surface area contributed by atoms with Crippen molar-refractivity contribution < 1.29 is 9.13 Å². The van der Waals surface area contributed by atoms with E-state index in [0.29, 0.717) is 38.6 Å². The topological polar surface area (TPSA) is 56.5 Å². The average Bonchev–Trinajstić information content (AvgIpc) is 2.83. The highest BCUT2D eigenvalue weighted by atomic mass is 79.9. The Morgan fingerprint density at radius 3 is 2.74 bits per heavy atom. The molecule has 0 bridgehead atoms. The Morgan fingerprint density at radius 2 is 2.00 bits per heavy atom. The largest absolute Gasteiger partial charge is 0.487 e. The van der Waals surface area contributed by atoms with E-state index < -0.39 is 0 Å². The van der Waals surface area contributed by atoms with E-state index in [1.165, 1.54) is 10.7 Å². The van der Waals surface area contributed by atoms with Crippen LogP contribution in [-0.2, 0) is 6.61 Å². The number of halogens is 3. The molecule has 0 aliphatic carbocycles. The van der Waals surface area contributed by atoms with Crippen LogP contribution in [0.4, 0.5) is 4.39 Å². The number of aromatic nitrogens is 2. The molecule has 8 heteroatoms. The second kappa shape index (κ2) is 10.5. The minimum Gasteiger partial charge on any atom is -0.487 e. The Balaban J connectivity index is 1.63. The lowest BCUT2D eigenvalue weighted by molar-refractivity contribution is 0.300. The van der Waals surface area contributed by atoms with E-state index in [2.05, 4.69) is 21.0 Å². The zero-order chi connectivity index (χ0) is 24.2. The molecule has 34 heavy (non-hydrogen) atoms. The van der Waals surface area contributed by atoms with Crippen LogP contribution in [0.3, 0.4) is 0 Å². The van der Waals surface area contributed by atoms with E-state index in [1.54, 1.807) is 48.7 Å². The monoisotopic (exact) mass is 541 g/mol. The van der Waals surface area contributed by atoms with Gasteiger partial charge in [0.05, 0.1) is 22.1 Å². The summed E-state index contributed by atoms with van der Waals surface area (Å²) >= 11 is 9.79. The van der Waals surface area contributed by atoms with Gasteiger partial charge in [0.1, 0.15) is 24.0 Å². The molecule has 0 amide bonds. The Labute approximate surface area is 210 Å². The molecule has 4 rings (SSSR count). The van der Waals surface area contributed by atoms with Crippen LogP contribution in [0.5, 0.6) is 5.75 Å². The molecular formula is C26H22BrClFN3O2. The Hall–Kier alpha value is -3.03. The molecule has 1 heterocycles. The van der Waals surface area contributed by atoms with E-state index in [-0.39, 0.29) is 23.9 Å².